The Morgan fingerprint density at radius 1 is 0.933 bits per heavy atom. The van der Waals surface area contributed by atoms with E-state index in [0.717, 1.165) is 32.9 Å². The average Bonchev–Trinajstić information content (AvgIpc) is 3.21. The second-order valence-electron chi connectivity index (χ2n) is 7.21. The lowest BCUT2D eigenvalue weighted by molar-refractivity contribution is 0.0951. The molecule has 2 heterocycles. The average molecular weight is 393 g/mol. The van der Waals surface area contributed by atoms with Crippen molar-refractivity contribution in [2.24, 2.45) is 0 Å². The third kappa shape index (κ3) is 3.31. The Labute approximate surface area is 173 Å². The monoisotopic (exact) mass is 393 g/mol. The van der Waals surface area contributed by atoms with Crippen LogP contribution in [0.3, 0.4) is 0 Å². The van der Waals surface area contributed by atoms with E-state index in [1.54, 1.807) is 0 Å². The number of aromatic nitrogens is 2. The quantitative estimate of drug-likeness (QED) is 0.451. The van der Waals surface area contributed by atoms with Crippen LogP contribution in [-0.2, 0) is 6.54 Å². The summed E-state index contributed by atoms with van der Waals surface area (Å²) in [4.78, 5) is 17.9. The Morgan fingerprint density at radius 2 is 1.70 bits per heavy atom. The van der Waals surface area contributed by atoms with E-state index in [1.807, 2.05) is 67.6 Å². The first kappa shape index (κ1) is 18.1. The van der Waals surface area contributed by atoms with Crippen LogP contribution in [0.5, 0.6) is 0 Å². The van der Waals surface area contributed by atoms with Gasteiger partial charge in [-0.1, -0.05) is 65.8 Å². The number of rotatable bonds is 4. The number of nitrogens with zero attached hydrogens (tertiary/aromatic N) is 2. The van der Waals surface area contributed by atoms with Gasteiger partial charge in [0.25, 0.3) is 5.91 Å². The van der Waals surface area contributed by atoms with Crippen molar-refractivity contribution in [2.75, 3.05) is 0 Å². The first-order chi connectivity index (χ1) is 14.7. The zero-order valence-corrected chi connectivity index (χ0v) is 16.4. The van der Waals surface area contributed by atoms with Gasteiger partial charge in [-0.25, -0.2) is 4.98 Å². The molecule has 0 bridgehead atoms. The smallest absolute Gasteiger partial charge is 0.252 e. The molecule has 0 atom stereocenters. The molecule has 0 saturated carbocycles. The van der Waals surface area contributed by atoms with Gasteiger partial charge in [-0.3, -0.25) is 4.79 Å². The third-order valence-electron chi connectivity index (χ3n) is 5.13. The number of aryl methyl sites for hydroxylation is 1. The Bertz CT molecular complexity index is 1380. The second-order valence-corrected chi connectivity index (χ2v) is 7.21. The maximum atomic E-state index is 13.1. The zero-order valence-electron chi connectivity index (χ0n) is 16.4. The Morgan fingerprint density at radius 3 is 2.53 bits per heavy atom. The molecule has 0 aliphatic rings. The molecule has 5 rings (SSSR count). The van der Waals surface area contributed by atoms with Gasteiger partial charge in [-0.15, -0.1) is 0 Å². The van der Waals surface area contributed by atoms with Gasteiger partial charge in [0.05, 0.1) is 23.3 Å². The molecular weight excluding hydrogens is 374 g/mol. The van der Waals surface area contributed by atoms with E-state index >= 15 is 0 Å². The predicted octanol–water partition coefficient (Wildman–Crippen LogP) is 5.28. The number of hydrogen-bond acceptors (Lipinski definition) is 4. The summed E-state index contributed by atoms with van der Waals surface area (Å²) < 4.78 is 5.08. The van der Waals surface area contributed by atoms with E-state index in [9.17, 15) is 4.79 Å². The van der Waals surface area contributed by atoms with Crippen LogP contribution < -0.4 is 5.32 Å². The standard InChI is InChI=1S/C25H19N3O2/c1-16-13-18(28-30-16)15-26-25(29)22-14-24(27-23-12-5-4-10-21(22)23)20-11-6-8-17-7-2-3-9-19(17)20/h2-14H,15H2,1H3,(H,26,29). The number of carbonyl (C=O) groups excluding carboxylic acids is 1. The Hall–Kier alpha value is -3.99. The Kier molecular flexibility index (Phi) is 4.48. The fourth-order valence-electron chi connectivity index (χ4n) is 3.72. The SMILES string of the molecule is Cc1cc(CNC(=O)c2cc(-c3cccc4ccccc34)nc3ccccc23)no1. The highest BCUT2D eigenvalue weighted by Crippen LogP contribution is 2.30. The van der Waals surface area contributed by atoms with Crippen LogP contribution in [0.25, 0.3) is 32.9 Å². The summed E-state index contributed by atoms with van der Waals surface area (Å²) in [5.41, 5.74) is 3.83. The number of pyridine rings is 1. The van der Waals surface area contributed by atoms with Gasteiger partial charge in [0.1, 0.15) is 11.5 Å². The molecule has 0 aliphatic carbocycles. The number of carbonyl (C=O) groups is 1. The fourth-order valence-corrected chi connectivity index (χ4v) is 3.72. The van der Waals surface area contributed by atoms with E-state index < -0.39 is 0 Å². The van der Waals surface area contributed by atoms with Crippen LogP contribution in [0.4, 0.5) is 0 Å². The van der Waals surface area contributed by atoms with Crippen molar-refractivity contribution in [3.63, 3.8) is 0 Å². The lowest BCUT2D eigenvalue weighted by Gasteiger charge is -2.11. The van der Waals surface area contributed by atoms with Crippen molar-refractivity contribution < 1.29 is 9.32 Å². The minimum Gasteiger partial charge on any atom is -0.361 e. The molecule has 0 aliphatic heterocycles. The van der Waals surface area contributed by atoms with Gasteiger partial charge in [0.2, 0.25) is 0 Å². The number of para-hydroxylation sites is 1. The lowest BCUT2D eigenvalue weighted by Crippen LogP contribution is -2.23. The summed E-state index contributed by atoms with van der Waals surface area (Å²) in [5.74, 6) is 0.544. The number of hydrogen-bond donors (Lipinski definition) is 1. The maximum absolute atomic E-state index is 13.1. The minimum atomic E-state index is -0.171. The molecule has 0 radical (unpaired) electrons. The van der Waals surface area contributed by atoms with E-state index in [0.29, 0.717) is 23.6 Å². The van der Waals surface area contributed by atoms with Crippen molar-refractivity contribution in [2.45, 2.75) is 13.5 Å². The second kappa shape index (κ2) is 7.44. The predicted molar refractivity (Wildman–Crippen MR) is 117 cm³/mol. The Balaban J connectivity index is 1.60. The molecule has 0 unspecified atom stereocenters. The molecular formula is C25H19N3O2. The first-order valence-corrected chi connectivity index (χ1v) is 9.77. The van der Waals surface area contributed by atoms with Crippen LogP contribution in [0.2, 0.25) is 0 Å². The molecule has 2 aromatic heterocycles. The van der Waals surface area contributed by atoms with Crippen LogP contribution in [0.15, 0.2) is 83.4 Å². The molecule has 0 spiro atoms. The van der Waals surface area contributed by atoms with E-state index in [4.69, 9.17) is 9.51 Å². The summed E-state index contributed by atoms with van der Waals surface area (Å²) in [5, 5.41) is 9.94. The largest absolute Gasteiger partial charge is 0.361 e. The first-order valence-electron chi connectivity index (χ1n) is 9.77. The summed E-state index contributed by atoms with van der Waals surface area (Å²) in [6.07, 6.45) is 0. The summed E-state index contributed by atoms with van der Waals surface area (Å²) in [6, 6.07) is 25.7. The maximum Gasteiger partial charge on any atom is 0.252 e. The molecule has 30 heavy (non-hydrogen) atoms. The molecule has 5 nitrogen and oxygen atoms in total. The lowest BCUT2D eigenvalue weighted by atomic mass is 9.99. The highest BCUT2D eigenvalue weighted by atomic mass is 16.5. The van der Waals surface area contributed by atoms with Crippen molar-refractivity contribution in [1.82, 2.24) is 15.5 Å². The van der Waals surface area contributed by atoms with Crippen molar-refractivity contribution in [1.29, 1.82) is 0 Å². The van der Waals surface area contributed by atoms with Gasteiger partial charge in [-0.2, -0.15) is 0 Å². The highest BCUT2D eigenvalue weighted by Gasteiger charge is 2.15. The summed E-state index contributed by atoms with van der Waals surface area (Å²) in [7, 11) is 0. The number of fused-ring (bicyclic) bond motifs is 2. The zero-order chi connectivity index (χ0) is 20.5. The molecule has 1 amide bonds. The number of benzene rings is 3. The highest BCUT2D eigenvalue weighted by molar-refractivity contribution is 6.08. The van der Waals surface area contributed by atoms with Gasteiger partial charge < -0.3 is 9.84 Å². The third-order valence-corrected chi connectivity index (χ3v) is 5.13. The van der Waals surface area contributed by atoms with Crippen LogP contribution in [0.1, 0.15) is 21.8 Å². The van der Waals surface area contributed by atoms with Crippen LogP contribution in [-0.4, -0.2) is 16.0 Å². The van der Waals surface area contributed by atoms with Crippen molar-refractivity contribution in [3.05, 3.63) is 95.9 Å². The van der Waals surface area contributed by atoms with Gasteiger partial charge >= 0.3 is 0 Å². The normalized spacial score (nSPS) is 11.1. The molecule has 0 fully saturated rings. The molecule has 5 heteroatoms. The van der Waals surface area contributed by atoms with Gasteiger partial charge in [0, 0.05) is 17.0 Å². The van der Waals surface area contributed by atoms with Gasteiger partial charge in [-0.05, 0) is 29.8 Å². The number of amides is 1. The molecule has 0 saturated heterocycles. The topological polar surface area (TPSA) is 68.0 Å². The molecule has 3 aromatic carbocycles. The van der Waals surface area contributed by atoms with E-state index in [2.05, 4.69) is 28.7 Å². The summed E-state index contributed by atoms with van der Waals surface area (Å²) >= 11 is 0. The minimum absolute atomic E-state index is 0.171. The van der Waals surface area contributed by atoms with Crippen LogP contribution >= 0.6 is 0 Å². The summed E-state index contributed by atoms with van der Waals surface area (Å²) in [6.45, 7) is 2.13. The number of nitrogens with one attached hydrogen (secondary N) is 1. The van der Waals surface area contributed by atoms with E-state index in [1.165, 1.54) is 0 Å². The van der Waals surface area contributed by atoms with Gasteiger partial charge in [0.15, 0.2) is 0 Å². The van der Waals surface area contributed by atoms with Crippen LogP contribution in [0, 0.1) is 6.92 Å². The van der Waals surface area contributed by atoms with E-state index in [-0.39, 0.29) is 5.91 Å². The fraction of sp³-hybridized carbons (Fsp3) is 0.0800. The molecule has 146 valence electrons. The van der Waals surface area contributed by atoms with Crippen molar-refractivity contribution in [3.8, 4) is 11.3 Å². The molecule has 5 aromatic rings. The molecule has 1 N–H and O–H groups in total. The van der Waals surface area contributed by atoms with Crippen molar-refractivity contribution >= 4 is 27.6 Å².